The minimum Gasteiger partial charge on any atom is -0.365 e. The number of piperidine rings is 1. The lowest BCUT2D eigenvalue weighted by atomic mass is 9.95. The Labute approximate surface area is 173 Å². The van der Waals surface area contributed by atoms with Crippen LogP contribution >= 0.6 is 11.3 Å². The van der Waals surface area contributed by atoms with Crippen molar-refractivity contribution in [1.29, 1.82) is 0 Å². The van der Waals surface area contributed by atoms with Gasteiger partial charge in [0.2, 0.25) is 11.8 Å². The van der Waals surface area contributed by atoms with E-state index in [2.05, 4.69) is 20.4 Å². The highest BCUT2D eigenvalue weighted by molar-refractivity contribution is 7.17. The molecule has 9 heteroatoms. The summed E-state index contributed by atoms with van der Waals surface area (Å²) in [5.74, 6) is 1.03. The van der Waals surface area contributed by atoms with Crippen LogP contribution in [-0.2, 0) is 17.6 Å². The standard InChI is InChI=1S/C20H27N5O3S/c1-12-22-19(28-24-12)13-5-4-9-25(11-13)10-8-16(26)23-20-17(18(21)27)14-6-2-3-7-15(14)29-20/h13H,2-11H2,1H3,(H2,21,27)(H,23,26). The molecule has 8 nitrogen and oxygen atoms in total. The van der Waals surface area contributed by atoms with E-state index < -0.39 is 5.91 Å². The molecule has 1 fully saturated rings. The molecule has 2 amide bonds. The van der Waals surface area contributed by atoms with E-state index in [0.29, 0.717) is 35.2 Å². The third-order valence-corrected chi connectivity index (χ3v) is 6.93. The number of nitrogens with zero attached hydrogens (tertiary/aromatic N) is 3. The molecule has 2 aromatic heterocycles. The molecule has 1 aliphatic heterocycles. The summed E-state index contributed by atoms with van der Waals surface area (Å²) in [5, 5.41) is 7.45. The summed E-state index contributed by atoms with van der Waals surface area (Å²) in [6, 6.07) is 0. The van der Waals surface area contributed by atoms with Crippen LogP contribution < -0.4 is 11.1 Å². The van der Waals surface area contributed by atoms with Crippen LogP contribution in [0.1, 0.15) is 70.5 Å². The lowest BCUT2D eigenvalue weighted by Crippen LogP contribution is -2.36. The number of aryl methyl sites for hydroxylation is 2. The Kier molecular flexibility index (Phi) is 5.96. The summed E-state index contributed by atoms with van der Waals surface area (Å²) in [6.45, 7) is 4.25. The van der Waals surface area contributed by atoms with Crippen molar-refractivity contribution in [3.63, 3.8) is 0 Å². The molecule has 29 heavy (non-hydrogen) atoms. The molecule has 0 spiro atoms. The van der Waals surface area contributed by atoms with Gasteiger partial charge >= 0.3 is 0 Å². The molecule has 2 aromatic rings. The summed E-state index contributed by atoms with van der Waals surface area (Å²) in [5.41, 5.74) is 7.17. The quantitative estimate of drug-likeness (QED) is 0.747. The Morgan fingerprint density at radius 2 is 2.14 bits per heavy atom. The maximum absolute atomic E-state index is 12.6. The Balaban J connectivity index is 1.34. The number of anilines is 1. The number of hydrogen-bond donors (Lipinski definition) is 2. The molecule has 1 saturated heterocycles. The van der Waals surface area contributed by atoms with E-state index in [0.717, 1.165) is 57.2 Å². The van der Waals surface area contributed by atoms with Crippen LogP contribution in [0.3, 0.4) is 0 Å². The van der Waals surface area contributed by atoms with Crippen molar-refractivity contribution in [1.82, 2.24) is 15.0 Å². The second-order valence-electron chi connectivity index (χ2n) is 7.90. The fourth-order valence-corrected chi connectivity index (χ4v) is 5.61. The van der Waals surface area contributed by atoms with Gasteiger partial charge in [-0.15, -0.1) is 11.3 Å². The number of thiophene rings is 1. The number of nitrogens with two attached hydrogens (primary N) is 1. The van der Waals surface area contributed by atoms with E-state index in [1.807, 2.05) is 6.92 Å². The maximum atomic E-state index is 12.6. The molecule has 4 rings (SSSR count). The molecule has 1 unspecified atom stereocenters. The largest absolute Gasteiger partial charge is 0.365 e. The molecule has 0 saturated carbocycles. The Morgan fingerprint density at radius 3 is 2.90 bits per heavy atom. The zero-order valence-electron chi connectivity index (χ0n) is 16.7. The predicted octanol–water partition coefficient (Wildman–Crippen LogP) is 2.63. The van der Waals surface area contributed by atoms with Crippen LogP contribution in [0.2, 0.25) is 0 Å². The number of carbonyl (C=O) groups is 2. The van der Waals surface area contributed by atoms with Gasteiger partial charge in [-0.1, -0.05) is 5.16 Å². The average molecular weight is 418 g/mol. The summed E-state index contributed by atoms with van der Waals surface area (Å²) >= 11 is 1.51. The van der Waals surface area contributed by atoms with E-state index in [4.69, 9.17) is 10.3 Å². The number of likely N-dealkylation sites (tertiary alicyclic amines) is 1. The molecule has 0 bridgehead atoms. The van der Waals surface area contributed by atoms with Crippen molar-refractivity contribution in [2.75, 3.05) is 25.0 Å². The summed E-state index contributed by atoms with van der Waals surface area (Å²) in [7, 11) is 0. The van der Waals surface area contributed by atoms with Gasteiger partial charge in [-0.05, 0) is 57.6 Å². The van der Waals surface area contributed by atoms with Gasteiger partial charge in [-0.3, -0.25) is 9.59 Å². The van der Waals surface area contributed by atoms with Crippen molar-refractivity contribution in [2.45, 2.75) is 57.8 Å². The topological polar surface area (TPSA) is 114 Å². The predicted molar refractivity (Wildman–Crippen MR) is 110 cm³/mol. The number of fused-ring (bicyclic) bond motifs is 1. The van der Waals surface area contributed by atoms with Gasteiger partial charge in [0.05, 0.1) is 11.5 Å². The number of hydrogen-bond acceptors (Lipinski definition) is 7. The number of aromatic nitrogens is 2. The first-order valence-electron chi connectivity index (χ1n) is 10.3. The van der Waals surface area contributed by atoms with Crippen LogP contribution in [-0.4, -0.2) is 46.5 Å². The highest BCUT2D eigenvalue weighted by Crippen LogP contribution is 2.38. The fraction of sp³-hybridized carbons (Fsp3) is 0.600. The van der Waals surface area contributed by atoms with Gasteiger partial charge in [0, 0.05) is 24.4 Å². The van der Waals surface area contributed by atoms with Crippen molar-refractivity contribution in [3.05, 3.63) is 27.7 Å². The second kappa shape index (κ2) is 8.62. The van der Waals surface area contributed by atoms with Crippen molar-refractivity contribution in [2.24, 2.45) is 5.73 Å². The Bertz CT molecular complexity index is 906. The lowest BCUT2D eigenvalue weighted by molar-refractivity contribution is -0.116. The SMILES string of the molecule is Cc1noc(C2CCCN(CCC(=O)Nc3sc4c(c3C(N)=O)CCCC4)C2)n1. The first-order chi connectivity index (χ1) is 14.0. The molecule has 1 atom stereocenters. The molecule has 3 N–H and O–H groups in total. The van der Waals surface area contributed by atoms with E-state index in [9.17, 15) is 9.59 Å². The van der Waals surface area contributed by atoms with Gasteiger partial charge in [0.15, 0.2) is 5.82 Å². The zero-order valence-corrected chi connectivity index (χ0v) is 17.5. The number of rotatable bonds is 6. The van der Waals surface area contributed by atoms with Crippen molar-refractivity contribution < 1.29 is 14.1 Å². The maximum Gasteiger partial charge on any atom is 0.251 e. The molecular formula is C20H27N5O3S. The van der Waals surface area contributed by atoms with Crippen LogP contribution in [0.25, 0.3) is 0 Å². The number of primary amides is 1. The van der Waals surface area contributed by atoms with E-state index in [1.165, 1.54) is 16.2 Å². The molecule has 2 aliphatic rings. The minimum atomic E-state index is -0.451. The zero-order chi connectivity index (χ0) is 20.4. The molecule has 3 heterocycles. The van der Waals surface area contributed by atoms with Crippen LogP contribution in [0, 0.1) is 6.92 Å². The molecule has 1 aliphatic carbocycles. The first-order valence-corrected chi connectivity index (χ1v) is 11.1. The highest BCUT2D eigenvalue weighted by atomic mass is 32.1. The van der Waals surface area contributed by atoms with E-state index in [1.54, 1.807) is 0 Å². The molecule has 156 valence electrons. The van der Waals surface area contributed by atoms with Gasteiger partial charge in [0.1, 0.15) is 5.00 Å². The van der Waals surface area contributed by atoms with Gasteiger partial charge in [-0.2, -0.15) is 4.98 Å². The van der Waals surface area contributed by atoms with Gasteiger partial charge in [0.25, 0.3) is 5.91 Å². The summed E-state index contributed by atoms with van der Waals surface area (Å²) in [6.07, 6.45) is 6.44. The fourth-order valence-electron chi connectivity index (χ4n) is 4.30. The minimum absolute atomic E-state index is 0.0816. The van der Waals surface area contributed by atoms with Crippen LogP contribution in [0.15, 0.2) is 4.52 Å². The normalized spacial score (nSPS) is 19.7. The van der Waals surface area contributed by atoms with E-state index in [-0.39, 0.29) is 11.8 Å². The first kappa shape index (κ1) is 20.0. The highest BCUT2D eigenvalue weighted by Gasteiger charge is 2.27. The van der Waals surface area contributed by atoms with Crippen LogP contribution in [0.4, 0.5) is 5.00 Å². The molecular weight excluding hydrogens is 390 g/mol. The monoisotopic (exact) mass is 417 g/mol. The number of carbonyl (C=O) groups excluding carboxylic acids is 2. The Morgan fingerprint density at radius 1 is 1.31 bits per heavy atom. The number of nitrogens with one attached hydrogen (secondary N) is 1. The second-order valence-corrected chi connectivity index (χ2v) is 9.00. The van der Waals surface area contributed by atoms with Gasteiger partial charge in [-0.25, -0.2) is 0 Å². The summed E-state index contributed by atoms with van der Waals surface area (Å²) < 4.78 is 5.32. The van der Waals surface area contributed by atoms with Crippen LogP contribution in [0.5, 0.6) is 0 Å². The Hall–Kier alpha value is -2.26. The van der Waals surface area contributed by atoms with Crippen molar-refractivity contribution >= 4 is 28.2 Å². The smallest absolute Gasteiger partial charge is 0.251 e. The third kappa shape index (κ3) is 4.51. The van der Waals surface area contributed by atoms with Crippen molar-refractivity contribution in [3.8, 4) is 0 Å². The lowest BCUT2D eigenvalue weighted by Gasteiger charge is -2.30. The number of amides is 2. The third-order valence-electron chi connectivity index (χ3n) is 5.72. The molecule has 0 aromatic carbocycles. The average Bonchev–Trinajstić information content (AvgIpc) is 3.29. The summed E-state index contributed by atoms with van der Waals surface area (Å²) in [4.78, 5) is 32.3. The van der Waals surface area contributed by atoms with Gasteiger partial charge < -0.3 is 20.5 Å². The molecule has 0 radical (unpaired) electrons. The van der Waals surface area contributed by atoms with E-state index >= 15 is 0 Å².